The Bertz CT molecular complexity index is 1410. The lowest BCUT2D eigenvalue weighted by molar-refractivity contribution is -0.118. The molecule has 0 fully saturated rings. The zero-order valence-corrected chi connectivity index (χ0v) is 21.4. The molecule has 1 amide bonds. The molecule has 7 nitrogen and oxygen atoms in total. The molecule has 1 N–H and O–H groups in total. The molecule has 0 spiro atoms. The third kappa shape index (κ3) is 5.05. The van der Waals surface area contributed by atoms with Crippen LogP contribution in [-0.4, -0.2) is 31.7 Å². The van der Waals surface area contributed by atoms with Crippen LogP contribution in [0.15, 0.2) is 54.7 Å². The molecule has 1 heterocycles. The van der Waals surface area contributed by atoms with Gasteiger partial charge >= 0.3 is 0 Å². The van der Waals surface area contributed by atoms with E-state index in [-0.39, 0.29) is 12.5 Å². The number of nitrogens with one attached hydrogen (secondary N) is 1. The van der Waals surface area contributed by atoms with Gasteiger partial charge in [-0.1, -0.05) is 18.2 Å². The van der Waals surface area contributed by atoms with Crippen LogP contribution in [0.25, 0.3) is 10.9 Å². The van der Waals surface area contributed by atoms with Crippen molar-refractivity contribution in [1.82, 2.24) is 4.98 Å². The molecule has 0 saturated carbocycles. The number of benzene rings is 3. The van der Waals surface area contributed by atoms with Crippen LogP contribution in [0.4, 0.5) is 5.69 Å². The number of methoxy groups -OCH3 is 2. The first-order valence-corrected chi connectivity index (χ1v) is 11.6. The molecule has 4 rings (SSSR count). The third-order valence-corrected chi connectivity index (χ3v) is 6.19. The van der Waals surface area contributed by atoms with Crippen LogP contribution in [0.3, 0.4) is 0 Å². The number of fused-ring (bicyclic) bond motifs is 1. The summed E-state index contributed by atoms with van der Waals surface area (Å²) in [5.41, 5.74) is 5.25. The summed E-state index contributed by atoms with van der Waals surface area (Å²) in [6, 6.07) is 15.1. The molecule has 3 aromatic carbocycles. The van der Waals surface area contributed by atoms with Crippen molar-refractivity contribution in [1.29, 1.82) is 0 Å². The van der Waals surface area contributed by atoms with Crippen molar-refractivity contribution in [3.8, 4) is 28.7 Å². The molecular weight excluding hydrogens is 456 g/mol. The monoisotopic (exact) mass is 486 g/mol. The lowest BCUT2D eigenvalue weighted by Crippen LogP contribution is -2.21. The zero-order chi connectivity index (χ0) is 25.8. The summed E-state index contributed by atoms with van der Waals surface area (Å²) in [5, 5.41) is 3.75. The smallest absolute Gasteiger partial charge is 0.262 e. The minimum absolute atomic E-state index is 0.0727. The van der Waals surface area contributed by atoms with Gasteiger partial charge in [-0.25, -0.2) is 0 Å². The second kappa shape index (κ2) is 10.6. The highest BCUT2D eigenvalue weighted by molar-refractivity contribution is 5.93. The number of carbonyl (C=O) groups is 1. The first kappa shape index (κ1) is 24.9. The topological polar surface area (TPSA) is 78.9 Å². The highest BCUT2D eigenvalue weighted by atomic mass is 16.5. The first-order valence-electron chi connectivity index (χ1n) is 11.6. The van der Waals surface area contributed by atoms with Gasteiger partial charge in [0.05, 0.1) is 19.7 Å². The van der Waals surface area contributed by atoms with Gasteiger partial charge in [-0.2, -0.15) is 0 Å². The van der Waals surface area contributed by atoms with Crippen molar-refractivity contribution in [2.75, 3.05) is 26.1 Å². The average molecular weight is 487 g/mol. The number of rotatable bonds is 8. The van der Waals surface area contributed by atoms with Gasteiger partial charge in [0, 0.05) is 23.3 Å². The predicted molar refractivity (Wildman–Crippen MR) is 141 cm³/mol. The summed E-state index contributed by atoms with van der Waals surface area (Å²) < 4.78 is 22.9. The Morgan fingerprint density at radius 3 is 2.22 bits per heavy atom. The van der Waals surface area contributed by atoms with E-state index in [4.69, 9.17) is 18.9 Å². The molecule has 0 aliphatic rings. The Kier molecular flexibility index (Phi) is 7.29. The highest BCUT2D eigenvalue weighted by Crippen LogP contribution is 2.38. The number of pyridine rings is 1. The number of anilines is 1. The van der Waals surface area contributed by atoms with E-state index in [1.165, 1.54) is 0 Å². The number of hydrogen-bond acceptors (Lipinski definition) is 6. The minimum Gasteiger partial charge on any atom is -0.493 e. The van der Waals surface area contributed by atoms with Crippen LogP contribution < -0.4 is 24.3 Å². The zero-order valence-electron chi connectivity index (χ0n) is 21.4. The number of amides is 1. The molecule has 0 aliphatic carbocycles. The Morgan fingerprint density at radius 2 is 1.53 bits per heavy atom. The highest BCUT2D eigenvalue weighted by Gasteiger charge is 2.15. The van der Waals surface area contributed by atoms with Crippen molar-refractivity contribution < 1.29 is 23.7 Å². The summed E-state index contributed by atoms with van der Waals surface area (Å²) in [6.07, 6.45) is 1.69. The van der Waals surface area contributed by atoms with Crippen molar-refractivity contribution in [3.05, 3.63) is 77.0 Å². The molecule has 186 valence electrons. The van der Waals surface area contributed by atoms with Gasteiger partial charge in [0.2, 0.25) is 0 Å². The Balaban J connectivity index is 1.53. The van der Waals surface area contributed by atoms with Crippen LogP contribution in [0.2, 0.25) is 0 Å². The Hall–Kier alpha value is -4.26. The molecule has 7 heteroatoms. The molecule has 0 bridgehead atoms. The van der Waals surface area contributed by atoms with Gasteiger partial charge in [0.25, 0.3) is 5.91 Å². The summed E-state index contributed by atoms with van der Waals surface area (Å²) in [4.78, 5) is 17.0. The van der Waals surface area contributed by atoms with Crippen molar-refractivity contribution in [3.63, 3.8) is 0 Å². The Labute approximate surface area is 211 Å². The van der Waals surface area contributed by atoms with Crippen LogP contribution >= 0.6 is 0 Å². The van der Waals surface area contributed by atoms with Gasteiger partial charge in [0.1, 0.15) is 17.2 Å². The van der Waals surface area contributed by atoms with E-state index in [0.29, 0.717) is 28.7 Å². The lowest BCUT2D eigenvalue weighted by Gasteiger charge is -2.17. The standard InChI is InChI=1S/C29H30N2O5/c1-17-8-7-9-18(2)29(17)35-16-28(32)31-22-10-11-24(20(4)19(22)3)36-25-12-13-30-23-15-27(34-6)26(33-5)14-21(23)25/h7-15H,16H2,1-6H3,(H,31,32). The second-order valence-corrected chi connectivity index (χ2v) is 8.55. The Morgan fingerprint density at radius 1 is 0.833 bits per heavy atom. The third-order valence-electron chi connectivity index (χ3n) is 6.19. The molecule has 0 radical (unpaired) electrons. The van der Waals surface area contributed by atoms with Crippen molar-refractivity contribution in [2.45, 2.75) is 27.7 Å². The summed E-state index contributed by atoms with van der Waals surface area (Å²) >= 11 is 0. The number of hydrogen-bond donors (Lipinski definition) is 1. The number of aryl methyl sites for hydroxylation is 2. The average Bonchev–Trinajstić information content (AvgIpc) is 2.87. The van der Waals surface area contributed by atoms with E-state index < -0.39 is 0 Å². The van der Waals surface area contributed by atoms with Gasteiger partial charge in [-0.05, 0) is 74.2 Å². The van der Waals surface area contributed by atoms with Gasteiger partial charge < -0.3 is 24.3 Å². The minimum atomic E-state index is -0.227. The van der Waals surface area contributed by atoms with Gasteiger partial charge in [-0.3, -0.25) is 9.78 Å². The fourth-order valence-electron chi connectivity index (χ4n) is 4.05. The van der Waals surface area contributed by atoms with E-state index in [1.54, 1.807) is 20.4 Å². The van der Waals surface area contributed by atoms with E-state index >= 15 is 0 Å². The maximum atomic E-state index is 12.6. The number of aromatic nitrogens is 1. The molecule has 0 unspecified atom stereocenters. The molecule has 36 heavy (non-hydrogen) atoms. The van der Waals surface area contributed by atoms with Crippen LogP contribution in [0.5, 0.6) is 28.7 Å². The van der Waals surface area contributed by atoms with E-state index in [2.05, 4.69) is 10.3 Å². The molecule has 0 atom stereocenters. The van der Waals surface area contributed by atoms with Crippen molar-refractivity contribution >= 4 is 22.5 Å². The lowest BCUT2D eigenvalue weighted by atomic mass is 10.1. The number of ether oxygens (including phenoxy) is 4. The van der Waals surface area contributed by atoms with E-state index in [1.807, 2.05) is 76.2 Å². The fourth-order valence-corrected chi connectivity index (χ4v) is 4.05. The fraction of sp³-hybridized carbons (Fsp3) is 0.241. The maximum Gasteiger partial charge on any atom is 0.262 e. The van der Waals surface area contributed by atoms with Crippen LogP contribution in [0, 0.1) is 27.7 Å². The molecule has 1 aromatic heterocycles. The number of carbonyl (C=O) groups excluding carboxylic acids is 1. The van der Waals surface area contributed by atoms with Crippen LogP contribution in [-0.2, 0) is 4.79 Å². The largest absolute Gasteiger partial charge is 0.493 e. The molecule has 4 aromatic rings. The normalized spacial score (nSPS) is 10.7. The van der Waals surface area contributed by atoms with E-state index in [9.17, 15) is 4.79 Å². The molecule has 0 saturated heterocycles. The summed E-state index contributed by atoms with van der Waals surface area (Å²) in [6.45, 7) is 7.76. The maximum absolute atomic E-state index is 12.6. The predicted octanol–water partition coefficient (Wildman–Crippen LogP) is 6.30. The first-order chi connectivity index (χ1) is 17.3. The quantitative estimate of drug-likeness (QED) is 0.315. The number of nitrogens with zero attached hydrogens (tertiary/aromatic N) is 1. The second-order valence-electron chi connectivity index (χ2n) is 8.55. The summed E-state index contributed by atoms with van der Waals surface area (Å²) in [5.74, 6) is 3.03. The van der Waals surface area contributed by atoms with Crippen LogP contribution in [0.1, 0.15) is 22.3 Å². The summed E-state index contributed by atoms with van der Waals surface area (Å²) in [7, 11) is 3.18. The molecular formula is C29H30N2O5. The van der Waals surface area contributed by atoms with E-state index in [0.717, 1.165) is 38.9 Å². The van der Waals surface area contributed by atoms with Crippen molar-refractivity contribution in [2.24, 2.45) is 0 Å². The SMILES string of the molecule is COc1cc2nccc(Oc3ccc(NC(=O)COc4c(C)cccc4C)c(C)c3C)c2cc1OC. The number of para-hydroxylation sites is 1. The molecule has 0 aliphatic heterocycles. The van der Waals surface area contributed by atoms with Gasteiger partial charge in [0.15, 0.2) is 18.1 Å². The van der Waals surface area contributed by atoms with Gasteiger partial charge in [-0.15, -0.1) is 0 Å².